The van der Waals surface area contributed by atoms with E-state index in [1.807, 2.05) is 6.08 Å². The molecule has 0 bridgehead atoms. The molecule has 4 aliphatic carbocycles. The molecule has 0 aromatic rings. The summed E-state index contributed by atoms with van der Waals surface area (Å²) in [6.45, 7) is 6.21. The standard InChI is InChI=1S/C21H31NO3/c1-12(23)22-19-18(25)11-17-15-5-4-13-10-14(24)6-8-20(13,2)16(15)7-9-21(17,19)3/h10,15-19,25H,4-9,11H2,1-3H3,(H,22,23)/t15-,16+,17-,18+,19+,20+,21-/m0/s1. The molecule has 4 aliphatic rings. The Hall–Kier alpha value is -1.16. The van der Waals surface area contributed by atoms with Crippen LogP contribution in [0.1, 0.15) is 65.7 Å². The van der Waals surface area contributed by atoms with E-state index in [4.69, 9.17) is 0 Å². The van der Waals surface area contributed by atoms with Gasteiger partial charge in [-0.25, -0.2) is 0 Å². The van der Waals surface area contributed by atoms with E-state index in [-0.39, 0.29) is 22.8 Å². The highest BCUT2D eigenvalue weighted by atomic mass is 16.3. The summed E-state index contributed by atoms with van der Waals surface area (Å²) < 4.78 is 0. The number of carbonyl (C=O) groups excluding carboxylic acids is 2. The van der Waals surface area contributed by atoms with Crippen LogP contribution < -0.4 is 5.32 Å². The predicted molar refractivity (Wildman–Crippen MR) is 95.7 cm³/mol. The minimum Gasteiger partial charge on any atom is -0.391 e. The number of rotatable bonds is 1. The molecule has 7 atom stereocenters. The molecule has 3 fully saturated rings. The zero-order valence-corrected chi connectivity index (χ0v) is 15.7. The Morgan fingerprint density at radius 1 is 1.20 bits per heavy atom. The molecule has 25 heavy (non-hydrogen) atoms. The van der Waals surface area contributed by atoms with E-state index in [0.29, 0.717) is 30.0 Å². The summed E-state index contributed by atoms with van der Waals surface area (Å²) in [5, 5.41) is 13.7. The molecule has 4 rings (SSSR count). The van der Waals surface area contributed by atoms with E-state index >= 15 is 0 Å². The fourth-order valence-corrected chi connectivity index (χ4v) is 7.05. The van der Waals surface area contributed by atoms with Crippen LogP contribution in [-0.2, 0) is 9.59 Å². The fraction of sp³-hybridized carbons (Fsp3) is 0.810. The second kappa shape index (κ2) is 5.67. The maximum Gasteiger partial charge on any atom is 0.217 e. The number of fused-ring (bicyclic) bond motifs is 5. The molecule has 0 aromatic carbocycles. The van der Waals surface area contributed by atoms with Crippen molar-refractivity contribution >= 4 is 11.7 Å². The van der Waals surface area contributed by atoms with Gasteiger partial charge in [-0.15, -0.1) is 0 Å². The molecule has 4 nitrogen and oxygen atoms in total. The molecule has 1 amide bonds. The summed E-state index contributed by atoms with van der Waals surface area (Å²) in [7, 11) is 0. The second-order valence-corrected chi connectivity index (χ2v) is 9.49. The van der Waals surface area contributed by atoms with E-state index < -0.39 is 6.10 Å². The summed E-state index contributed by atoms with van der Waals surface area (Å²) >= 11 is 0. The van der Waals surface area contributed by atoms with Crippen molar-refractivity contribution in [3.8, 4) is 0 Å². The highest BCUT2D eigenvalue weighted by molar-refractivity contribution is 5.91. The summed E-state index contributed by atoms with van der Waals surface area (Å²) in [5.74, 6) is 1.94. The highest BCUT2D eigenvalue weighted by Gasteiger charge is 2.61. The van der Waals surface area contributed by atoms with Gasteiger partial charge in [-0.3, -0.25) is 9.59 Å². The molecule has 0 saturated heterocycles. The van der Waals surface area contributed by atoms with Gasteiger partial charge in [0.1, 0.15) is 0 Å². The third-order valence-corrected chi connectivity index (χ3v) is 8.35. The van der Waals surface area contributed by atoms with E-state index in [2.05, 4.69) is 19.2 Å². The average molecular weight is 345 g/mol. The van der Waals surface area contributed by atoms with Crippen LogP contribution in [0.5, 0.6) is 0 Å². The van der Waals surface area contributed by atoms with Crippen LogP contribution in [0.25, 0.3) is 0 Å². The van der Waals surface area contributed by atoms with Crippen LogP contribution >= 0.6 is 0 Å². The van der Waals surface area contributed by atoms with Gasteiger partial charge in [-0.2, -0.15) is 0 Å². The summed E-state index contributed by atoms with van der Waals surface area (Å²) in [6, 6.07) is -0.117. The van der Waals surface area contributed by atoms with Crippen LogP contribution in [0.3, 0.4) is 0 Å². The molecule has 4 heteroatoms. The first-order valence-corrected chi connectivity index (χ1v) is 9.95. The molecule has 0 heterocycles. The Morgan fingerprint density at radius 2 is 1.96 bits per heavy atom. The minimum absolute atomic E-state index is 0.00564. The minimum atomic E-state index is -0.435. The molecular formula is C21H31NO3. The SMILES string of the molecule is CC(=O)N[C@@H]1[C@H](O)C[C@H]2[C@H]3CCC4=CC(=O)CC[C@@]4(C)[C@@H]3CC[C@]12C. The van der Waals surface area contributed by atoms with Crippen molar-refractivity contribution < 1.29 is 14.7 Å². The number of allylic oxidation sites excluding steroid dienone is 1. The number of carbonyl (C=O) groups is 2. The van der Waals surface area contributed by atoms with Gasteiger partial charge in [0.25, 0.3) is 0 Å². The Morgan fingerprint density at radius 3 is 2.68 bits per heavy atom. The van der Waals surface area contributed by atoms with Crippen molar-refractivity contribution in [3.05, 3.63) is 11.6 Å². The Bertz CT molecular complexity index is 641. The number of amides is 1. The van der Waals surface area contributed by atoms with Crippen LogP contribution in [0.4, 0.5) is 0 Å². The number of nitrogens with one attached hydrogen (secondary N) is 1. The van der Waals surface area contributed by atoms with E-state index in [1.165, 1.54) is 5.57 Å². The van der Waals surface area contributed by atoms with Crippen molar-refractivity contribution in [3.63, 3.8) is 0 Å². The zero-order chi connectivity index (χ0) is 18.0. The van der Waals surface area contributed by atoms with Crippen LogP contribution in [0.15, 0.2) is 11.6 Å². The first-order chi connectivity index (χ1) is 11.8. The summed E-state index contributed by atoms with van der Waals surface area (Å²) in [6.07, 6.45) is 8.32. The zero-order valence-electron chi connectivity index (χ0n) is 15.7. The predicted octanol–water partition coefficient (Wildman–Crippen LogP) is 2.99. The largest absolute Gasteiger partial charge is 0.391 e. The maximum absolute atomic E-state index is 11.9. The highest BCUT2D eigenvalue weighted by Crippen LogP contribution is 2.65. The summed E-state index contributed by atoms with van der Waals surface area (Å²) in [4.78, 5) is 23.5. The molecule has 138 valence electrons. The lowest BCUT2D eigenvalue weighted by atomic mass is 9.47. The van der Waals surface area contributed by atoms with E-state index in [0.717, 1.165) is 38.5 Å². The van der Waals surface area contributed by atoms with Gasteiger partial charge in [-0.05, 0) is 73.2 Å². The molecule has 0 unspecified atom stereocenters. The quantitative estimate of drug-likeness (QED) is 0.768. The molecule has 3 saturated carbocycles. The Balaban J connectivity index is 1.65. The molecule has 0 spiro atoms. The van der Waals surface area contributed by atoms with E-state index in [1.54, 1.807) is 6.92 Å². The topological polar surface area (TPSA) is 66.4 Å². The van der Waals surface area contributed by atoms with Crippen LogP contribution in [0.2, 0.25) is 0 Å². The Labute approximate surface area is 150 Å². The second-order valence-electron chi connectivity index (χ2n) is 9.49. The van der Waals surface area contributed by atoms with Gasteiger partial charge in [0.15, 0.2) is 5.78 Å². The van der Waals surface area contributed by atoms with Crippen LogP contribution in [-0.4, -0.2) is 28.9 Å². The van der Waals surface area contributed by atoms with Gasteiger partial charge in [0.2, 0.25) is 5.91 Å². The van der Waals surface area contributed by atoms with Gasteiger partial charge in [0, 0.05) is 13.3 Å². The average Bonchev–Trinajstić information content (AvgIpc) is 2.79. The monoisotopic (exact) mass is 345 g/mol. The molecule has 0 radical (unpaired) electrons. The van der Waals surface area contributed by atoms with Gasteiger partial charge in [0.05, 0.1) is 12.1 Å². The molecule has 0 aromatic heterocycles. The third kappa shape index (κ3) is 2.43. The third-order valence-electron chi connectivity index (χ3n) is 8.35. The van der Waals surface area contributed by atoms with Gasteiger partial charge >= 0.3 is 0 Å². The van der Waals surface area contributed by atoms with Crippen LogP contribution in [0, 0.1) is 28.6 Å². The number of ketones is 1. The molecule has 2 N–H and O–H groups in total. The van der Waals surface area contributed by atoms with E-state index in [9.17, 15) is 14.7 Å². The van der Waals surface area contributed by atoms with Crippen molar-refractivity contribution in [2.24, 2.45) is 28.6 Å². The van der Waals surface area contributed by atoms with Gasteiger partial charge in [-0.1, -0.05) is 19.4 Å². The maximum atomic E-state index is 11.9. The molecule has 0 aliphatic heterocycles. The Kier molecular flexibility index (Phi) is 3.91. The first kappa shape index (κ1) is 17.3. The van der Waals surface area contributed by atoms with Crippen molar-refractivity contribution in [2.45, 2.75) is 77.9 Å². The van der Waals surface area contributed by atoms with Crippen molar-refractivity contribution in [2.75, 3.05) is 0 Å². The van der Waals surface area contributed by atoms with Crippen molar-refractivity contribution in [1.82, 2.24) is 5.32 Å². The fourth-order valence-electron chi connectivity index (χ4n) is 7.05. The number of aliphatic hydroxyl groups is 1. The number of hydrogen-bond acceptors (Lipinski definition) is 3. The number of hydrogen-bond donors (Lipinski definition) is 2. The van der Waals surface area contributed by atoms with Crippen molar-refractivity contribution in [1.29, 1.82) is 0 Å². The lowest BCUT2D eigenvalue weighted by Gasteiger charge is -2.58. The lowest BCUT2D eigenvalue weighted by molar-refractivity contribution is -0.122. The first-order valence-electron chi connectivity index (χ1n) is 9.95. The smallest absolute Gasteiger partial charge is 0.217 e. The van der Waals surface area contributed by atoms with Gasteiger partial charge < -0.3 is 10.4 Å². The summed E-state index contributed by atoms with van der Waals surface area (Å²) in [5.41, 5.74) is 1.54. The lowest BCUT2D eigenvalue weighted by Crippen LogP contribution is -2.55. The number of aliphatic hydroxyl groups excluding tert-OH is 1. The normalized spacial score (nSPS) is 48.9. The molecular weight excluding hydrogens is 314 g/mol.